The molecule has 0 bridgehead atoms. The van der Waals surface area contributed by atoms with Crippen LogP contribution >= 0.6 is 31.9 Å². The van der Waals surface area contributed by atoms with Gasteiger partial charge in [0, 0.05) is 8.95 Å². The number of methoxy groups -OCH3 is 1. The minimum absolute atomic E-state index is 0.231. The Balaban J connectivity index is 2.00. The standard InChI is InChI=1S/C17H11Br2NO3/c1-22-15-6-5-12(19)9-13(15)16-20-14(17(21)23-16)8-10-3-2-4-11(18)7-10/h2-9H,1H3/b14-8+. The van der Waals surface area contributed by atoms with Crippen molar-refractivity contribution in [3.63, 3.8) is 0 Å². The largest absolute Gasteiger partial charge is 0.496 e. The zero-order valence-corrected chi connectivity index (χ0v) is 15.2. The van der Waals surface area contributed by atoms with Gasteiger partial charge in [-0.05, 0) is 42.0 Å². The number of rotatable bonds is 3. The van der Waals surface area contributed by atoms with Crippen molar-refractivity contribution in [3.05, 3.63) is 68.2 Å². The molecule has 6 heteroatoms. The zero-order valence-electron chi connectivity index (χ0n) is 12.0. The number of aliphatic imine (C=N–C) groups is 1. The van der Waals surface area contributed by atoms with Crippen LogP contribution in [0.2, 0.25) is 0 Å². The van der Waals surface area contributed by atoms with Crippen molar-refractivity contribution in [2.45, 2.75) is 0 Å². The molecule has 0 atom stereocenters. The quantitative estimate of drug-likeness (QED) is 0.523. The molecule has 0 saturated carbocycles. The molecule has 1 aliphatic heterocycles. The molecule has 0 saturated heterocycles. The lowest BCUT2D eigenvalue weighted by atomic mass is 10.2. The molecule has 3 rings (SSSR count). The molecular weight excluding hydrogens is 426 g/mol. The van der Waals surface area contributed by atoms with Crippen molar-refractivity contribution < 1.29 is 14.3 Å². The molecule has 2 aromatic rings. The van der Waals surface area contributed by atoms with Crippen LogP contribution in [0.25, 0.3) is 6.08 Å². The summed E-state index contributed by atoms with van der Waals surface area (Å²) in [4.78, 5) is 16.4. The van der Waals surface area contributed by atoms with Gasteiger partial charge in [0.1, 0.15) is 5.75 Å². The van der Waals surface area contributed by atoms with Gasteiger partial charge in [-0.15, -0.1) is 0 Å². The van der Waals surface area contributed by atoms with Gasteiger partial charge in [-0.3, -0.25) is 0 Å². The van der Waals surface area contributed by atoms with Crippen LogP contribution in [-0.4, -0.2) is 19.0 Å². The second-order valence-corrected chi connectivity index (χ2v) is 6.57. The summed E-state index contributed by atoms with van der Waals surface area (Å²) in [5, 5.41) is 0. The molecule has 23 heavy (non-hydrogen) atoms. The predicted octanol–water partition coefficient (Wildman–Crippen LogP) is 4.56. The SMILES string of the molecule is COc1ccc(Br)cc1C1=N/C(=C/c2cccc(Br)c2)C(=O)O1. The fourth-order valence-corrected chi connectivity index (χ4v) is 2.90. The number of hydrogen-bond donors (Lipinski definition) is 0. The highest BCUT2D eigenvalue weighted by Crippen LogP contribution is 2.28. The summed E-state index contributed by atoms with van der Waals surface area (Å²) in [6.45, 7) is 0. The van der Waals surface area contributed by atoms with E-state index >= 15 is 0 Å². The summed E-state index contributed by atoms with van der Waals surface area (Å²) in [5.74, 6) is 0.333. The molecule has 0 N–H and O–H groups in total. The average Bonchev–Trinajstić information content (AvgIpc) is 2.88. The first-order valence-corrected chi connectivity index (χ1v) is 8.27. The van der Waals surface area contributed by atoms with Gasteiger partial charge in [-0.25, -0.2) is 9.79 Å². The van der Waals surface area contributed by atoms with E-state index in [1.54, 1.807) is 25.3 Å². The van der Waals surface area contributed by atoms with Gasteiger partial charge in [0.25, 0.3) is 0 Å². The summed E-state index contributed by atoms with van der Waals surface area (Å²) < 4.78 is 12.4. The molecule has 1 aliphatic rings. The molecule has 0 unspecified atom stereocenters. The van der Waals surface area contributed by atoms with Gasteiger partial charge in [-0.1, -0.05) is 44.0 Å². The number of esters is 1. The lowest BCUT2D eigenvalue weighted by Crippen LogP contribution is -2.07. The topological polar surface area (TPSA) is 47.9 Å². The van der Waals surface area contributed by atoms with Crippen LogP contribution in [0.5, 0.6) is 5.75 Å². The van der Waals surface area contributed by atoms with Gasteiger partial charge < -0.3 is 9.47 Å². The first-order chi connectivity index (χ1) is 11.1. The van der Waals surface area contributed by atoms with E-state index in [0.717, 1.165) is 14.5 Å². The first kappa shape index (κ1) is 16.0. The summed E-state index contributed by atoms with van der Waals surface area (Å²) in [6, 6.07) is 13.0. The maximum atomic E-state index is 12.1. The summed E-state index contributed by atoms with van der Waals surface area (Å²) >= 11 is 6.79. The van der Waals surface area contributed by atoms with Gasteiger partial charge in [0.2, 0.25) is 5.90 Å². The Kier molecular flexibility index (Phi) is 4.63. The van der Waals surface area contributed by atoms with Crippen molar-refractivity contribution in [1.82, 2.24) is 0 Å². The molecular formula is C17H11Br2NO3. The van der Waals surface area contributed by atoms with Crippen LogP contribution in [0, 0.1) is 0 Å². The Morgan fingerprint density at radius 2 is 1.91 bits per heavy atom. The van der Waals surface area contributed by atoms with Crippen LogP contribution in [0.15, 0.2) is 62.1 Å². The lowest BCUT2D eigenvalue weighted by Gasteiger charge is -2.07. The number of carbonyl (C=O) groups excluding carboxylic acids is 1. The highest BCUT2D eigenvalue weighted by molar-refractivity contribution is 9.10. The van der Waals surface area contributed by atoms with Gasteiger partial charge in [-0.2, -0.15) is 0 Å². The third-order valence-electron chi connectivity index (χ3n) is 3.16. The van der Waals surface area contributed by atoms with Crippen molar-refractivity contribution in [2.24, 2.45) is 4.99 Å². The molecule has 2 aromatic carbocycles. The van der Waals surface area contributed by atoms with E-state index in [9.17, 15) is 4.79 Å². The Bertz CT molecular complexity index is 843. The molecule has 1 heterocycles. The molecule has 0 aliphatic carbocycles. The van der Waals surface area contributed by atoms with E-state index in [-0.39, 0.29) is 11.6 Å². The van der Waals surface area contributed by atoms with Crippen LogP contribution in [-0.2, 0) is 9.53 Å². The first-order valence-electron chi connectivity index (χ1n) is 6.69. The predicted molar refractivity (Wildman–Crippen MR) is 95.4 cm³/mol. The fraction of sp³-hybridized carbons (Fsp3) is 0.0588. The normalized spacial score (nSPS) is 15.5. The van der Waals surface area contributed by atoms with Crippen LogP contribution in [0.4, 0.5) is 0 Å². The van der Waals surface area contributed by atoms with Gasteiger partial charge in [0.15, 0.2) is 5.70 Å². The maximum Gasteiger partial charge on any atom is 0.363 e. The van der Waals surface area contributed by atoms with Gasteiger partial charge in [0.05, 0.1) is 12.7 Å². The third kappa shape index (κ3) is 3.54. The maximum absolute atomic E-state index is 12.1. The van der Waals surface area contributed by atoms with E-state index in [4.69, 9.17) is 9.47 Å². The summed E-state index contributed by atoms with van der Waals surface area (Å²) in [5.41, 5.74) is 1.73. The number of nitrogens with zero attached hydrogens (tertiary/aromatic N) is 1. The van der Waals surface area contributed by atoms with E-state index in [2.05, 4.69) is 36.9 Å². The molecule has 116 valence electrons. The highest BCUT2D eigenvalue weighted by Gasteiger charge is 2.26. The third-order valence-corrected chi connectivity index (χ3v) is 4.15. The number of carbonyl (C=O) groups is 1. The smallest absolute Gasteiger partial charge is 0.363 e. The van der Waals surface area contributed by atoms with E-state index in [1.807, 2.05) is 30.3 Å². The minimum atomic E-state index is -0.484. The second kappa shape index (κ2) is 6.68. The zero-order chi connectivity index (χ0) is 16.4. The van der Waals surface area contributed by atoms with Crippen molar-refractivity contribution >= 4 is 49.8 Å². The Morgan fingerprint density at radius 1 is 1.13 bits per heavy atom. The number of benzene rings is 2. The molecule has 0 amide bonds. The Hall–Kier alpha value is -1.92. The average molecular weight is 437 g/mol. The molecule has 4 nitrogen and oxygen atoms in total. The number of halogens is 2. The molecule has 0 fully saturated rings. The highest BCUT2D eigenvalue weighted by atomic mass is 79.9. The minimum Gasteiger partial charge on any atom is -0.496 e. The van der Waals surface area contributed by atoms with Crippen molar-refractivity contribution in [3.8, 4) is 5.75 Å². The van der Waals surface area contributed by atoms with Crippen LogP contribution < -0.4 is 4.74 Å². The summed E-state index contributed by atoms with van der Waals surface area (Å²) in [6.07, 6.45) is 1.69. The number of cyclic esters (lactones) is 1. The monoisotopic (exact) mass is 435 g/mol. The van der Waals surface area contributed by atoms with Gasteiger partial charge >= 0.3 is 5.97 Å². The lowest BCUT2D eigenvalue weighted by molar-refractivity contribution is -0.129. The molecule has 0 spiro atoms. The van der Waals surface area contributed by atoms with Crippen LogP contribution in [0.1, 0.15) is 11.1 Å². The Labute approximate surface area is 150 Å². The van der Waals surface area contributed by atoms with Crippen LogP contribution in [0.3, 0.4) is 0 Å². The summed E-state index contributed by atoms with van der Waals surface area (Å²) in [7, 11) is 1.56. The fourth-order valence-electron chi connectivity index (χ4n) is 2.13. The van der Waals surface area contributed by atoms with Crippen molar-refractivity contribution in [1.29, 1.82) is 0 Å². The molecule has 0 aromatic heterocycles. The van der Waals surface area contributed by atoms with E-state index in [0.29, 0.717) is 11.3 Å². The second-order valence-electron chi connectivity index (χ2n) is 4.74. The van der Waals surface area contributed by atoms with Crippen molar-refractivity contribution in [2.75, 3.05) is 7.11 Å². The Morgan fingerprint density at radius 3 is 2.65 bits per heavy atom. The number of hydrogen-bond acceptors (Lipinski definition) is 4. The van der Waals surface area contributed by atoms with E-state index < -0.39 is 5.97 Å². The number of ether oxygens (including phenoxy) is 2. The molecule has 0 radical (unpaired) electrons. The van der Waals surface area contributed by atoms with E-state index in [1.165, 1.54) is 0 Å².